The lowest BCUT2D eigenvalue weighted by Crippen LogP contribution is -2.50. The molecule has 0 fully saturated rings. The predicted octanol–water partition coefficient (Wildman–Crippen LogP) is 1.05. The van der Waals surface area contributed by atoms with Crippen LogP contribution in [0.4, 0.5) is 0 Å². The molecule has 0 radical (unpaired) electrons. The van der Waals surface area contributed by atoms with E-state index in [-0.39, 0.29) is 17.9 Å². The molecule has 0 heterocycles. The Labute approximate surface area is 99.9 Å². The molecule has 0 aliphatic carbocycles. The summed E-state index contributed by atoms with van der Waals surface area (Å²) in [5.74, 6) is -1.39. The fraction of sp³-hybridized carbons (Fsp3) is 0.417. The molecule has 17 heavy (non-hydrogen) atoms. The third kappa shape index (κ3) is 2.68. The number of phenols is 2. The van der Waals surface area contributed by atoms with Gasteiger partial charge < -0.3 is 15.3 Å². The number of hydrogen-bond donors (Lipinski definition) is 3. The van der Waals surface area contributed by atoms with E-state index in [0.29, 0.717) is 5.56 Å². The van der Waals surface area contributed by atoms with Crippen LogP contribution in [0, 0.1) is 0 Å². The van der Waals surface area contributed by atoms with Crippen molar-refractivity contribution in [2.75, 3.05) is 14.1 Å². The third-order valence-corrected chi connectivity index (χ3v) is 3.04. The maximum absolute atomic E-state index is 11.3. The second-order valence-electron chi connectivity index (χ2n) is 4.47. The number of rotatable bonds is 4. The van der Waals surface area contributed by atoms with Crippen molar-refractivity contribution < 1.29 is 20.1 Å². The minimum Gasteiger partial charge on any atom is -0.504 e. The molecule has 0 saturated heterocycles. The molecule has 0 saturated carbocycles. The van der Waals surface area contributed by atoms with Crippen molar-refractivity contribution in [3.63, 3.8) is 0 Å². The van der Waals surface area contributed by atoms with E-state index < -0.39 is 11.5 Å². The molecule has 0 aliphatic rings. The summed E-state index contributed by atoms with van der Waals surface area (Å²) in [4.78, 5) is 12.9. The van der Waals surface area contributed by atoms with Crippen LogP contribution in [-0.4, -0.2) is 45.8 Å². The van der Waals surface area contributed by atoms with Crippen molar-refractivity contribution in [2.45, 2.75) is 18.9 Å². The first-order valence-electron chi connectivity index (χ1n) is 5.19. The summed E-state index contributed by atoms with van der Waals surface area (Å²) in [6, 6.07) is 4.32. The summed E-state index contributed by atoms with van der Waals surface area (Å²) >= 11 is 0. The Morgan fingerprint density at radius 3 is 2.29 bits per heavy atom. The van der Waals surface area contributed by atoms with E-state index in [1.165, 1.54) is 12.1 Å². The highest BCUT2D eigenvalue weighted by atomic mass is 16.4. The molecule has 0 spiro atoms. The quantitative estimate of drug-likeness (QED) is 0.684. The Hall–Kier alpha value is -1.75. The molecule has 0 aliphatic heterocycles. The van der Waals surface area contributed by atoms with Crippen LogP contribution in [0.1, 0.15) is 12.5 Å². The minimum atomic E-state index is -1.05. The lowest BCUT2D eigenvalue weighted by Gasteiger charge is -2.32. The van der Waals surface area contributed by atoms with Gasteiger partial charge in [0.1, 0.15) is 5.54 Å². The van der Waals surface area contributed by atoms with Crippen LogP contribution in [0.25, 0.3) is 0 Å². The lowest BCUT2D eigenvalue weighted by atomic mass is 9.91. The largest absolute Gasteiger partial charge is 0.504 e. The van der Waals surface area contributed by atoms with Crippen LogP contribution in [0.5, 0.6) is 11.5 Å². The van der Waals surface area contributed by atoms with Crippen LogP contribution >= 0.6 is 0 Å². The molecule has 94 valence electrons. The molecule has 0 aromatic heterocycles. The summed E-state index contributed by atoms with van der Waals surface area (Å²) in [6.07, 6.45) is 0.239. The van der Waals surface area contributed by atoms with Gasteiger partial charge in [0.25, 0.3) is 0 Å². The van der Waals surface area contributed by atoms with E-state index >= 15 is 0 Å². The molecule has 1 aromatic carbocycles. The Kier molecular flexibility index (Phi) is 3.63. The molecular weight excluding hydrogens is 222 g/mol. The number of phenolic OH excluding ortho intramolecular Hbond substituents is 2. The summed E-state index contributed by atoms with van der Waals surface area (Å²) in [7, 11) is 3.38. The molecule has 3 N–H and O–H groups in total. The summed E-state index contributed by atoms with van der Waals surface area (Å²) in [5.41, 5.74) is -0.400. The number of aliphatic carboxylic acids is 1. The van der Waals surface area contributed by atoms with Gasteiger partial charge in [-0.3, -0.25) is 9.69 Å². The Morgan fingerprint density at radius 2 is 1.88 bits per heavy atom. The van der Waals surface area contributed by atoms with E-state index in [0.717, 1.165) is 0 Å². The van der Waals surface area contributed by atoms with Gasteiger partial charge in [0, 0.05) is 6.42 Å². The van der Waals surface area contributed by atoms with Crippen LogP contribution in [0.3, 0.4) is 0 Å². The first kappa shape index (κ1) is 13.3. The number of likely N-dealkylation sites (N-methyl/N-ethyl adjacent to an activating group) is 1. The van der Waals surface area contributed by atoms with Crippen molar-refractivity contribution in [3.8, 4) is 11.5 Å². The number of hydrogen-bond acceptors (Lipinski definition) is 4. The number of carboxylic acid groups (broad SMARTS) is 1. The van der Waals surface area contributed by atoms with Gasteiger partial charge >= 0.3 is 5.97 Å². The second kappa shape index (κ2) is 4.63. The normalized spacial score (nSPS) is 14.6. The van der Waals surface area contributed by atoms with Crippen LogP contribution in [0.15, 0.2) is 18.2 Å². The zero-order chi connectivity index (χ0) is 13.2. The third-order valence-electron chi connectivity index (χ3n) is 3.04. The minimum absolute atomic E-state index is 0.212. The summed E-state index contributed by atoms with van der Waals surface area (Å²) in [5, 5.41) is 27.8. The van der Waals surface area contributed by atoms with Gasteiger partial charge in [0.2, 0.25) is 0 Å². The first-order valence-corrected chi connectivity index (χ1v) is 5.19. The smallest absolute Gasteiger partial charge is 0.324 e. The van der Waals surface area contributed by atoms with Gasteiger partial charge in [0.05, 0.1) is 0 Å². The van der Waals surface area contributed by atoms with Crippen molar-refractivity contribution in [1.29, 1.82) is 0 Å². The van der Waals surface area contributed by atoms with Gasteiger partial charge in [0.15, 0.2) is 11.5 Å². The molecule has 0 bridgehead atoms. The average molecular weight is 239 g/mol. The maximum Gasteiger partial charge on any atom is 0.324 e. The van der Waals surface area contributed by atoms with Gasteiger partial charge in [-0.25, -0.2) is 0 Å². The second-order valence-corrected chi connectivity index (χ2v) is 4.47. The van der Waals surface area contributed by atoms with Gasteiger partial charge in [-0.05, 0) is 38.7 Å². The fourth-order valence-corrected chi connectivity index (χ4v) is 1.50. The SMILES string of the molecule is CN(C)C(C)(Cc1ccc(O)c(O)c1)C(=O)O. The number of aromatic hydroxyl groups is 2. The van der Waals surface area contributed by atoms with Crippen molar-refractivity contribution in [1.82, 2.24) is 4.90 Å². The molecule has 1 atom stereocenters. The lowest BCUT2D eigenvalue weighted by molar-refractivity contribution is -0.148. The summed E-state index contributed by atoms with van der Waals surface area (Å²) < 4.78 is 0. The number of benzene rings is 1. The van der Waals surface area contributed by atoms with E-state index in [4.69, 9.17) is 0 Å². The van der Waals surface area contributed by atoms with Crippen LogP contribution in [0.2, 0.25) is 0 Å². The van der Waals surface area contributed by atoms with Gasteiger partial charge in [-0.1, -0.05) is 6.07 Å². The standard InChI is InChI=1S/C12H17NO4/c1-12(11(16)17,13(2)3)7-8-4-5-9(14)10(15)6-8/h4-6,14-15H,7H2,1-3H3,(H,16,17). The van der Waals surface area contributed by atoms with Crippen LogP contribution in [-0.2, 0) is 11.2 Å². The van der Waals surface area contributed by atoms with Gasteiger partial charge in [-0.2, -0.15) is 0 Å². The molecule has 5 heteroatoms. The average Bonchev–Trinajstić information content (AvgIpc) is 2.22. The number of carboxylic acids is 1. The monoisotopic (exact) mass is 239 g/mol. The zero-order valence-corrected chi connectivity index (χ0v) is 10.1. The van der Waals surface area contributed by atoms with E-state index in [1.807, 2.05) is 0 Å². The molecule has 1 unspecified atom stereocenters. The topological polar surface area (TPSA) is 81.0 Å². The predicted molar refractivity (Wildman–Crippen MR) is 63.2 cm³/mol. The van der Waals surface area contributed by atoms with E-state index in [1.54, 1.807) is 32.0 Å². The van der Waals surface area contributed by atoms with Crippen molar-refractivity contribution in [2.24, 2.45) is 0 Å². The first-order chi connectivity index (χ1) is 7.77. The summed E-state index contributed by atoms with van der Waals surface area (Å²) in [6.45, 7) is 1.61. The number of nitrogens with zero attached hydrogens (tertiary/aromatic N) is 1. The Morgan fingerprint density at radius 1 is 1.29 bits per heavy atom. The highest BCUT2D eigenvalue weighted by Crippen LogP contribution is 2.27. The molecule has 0 amide bonds. The highest BCUT2D eigenvalue weighted by molar-refractivity contribution is 5.78. The Balaban J connectivity index is 3.02. The molecule has 5 nitrogen and oxygen atoms in total. The van der Waals surface area contributed by atoms with Crippen LogP contribution < -0.4 is 0 Å². The molecular formula is C12H17NO4. The zero-order valence-electron chi connectivity index (χ0n) is 10.1. The van der Waals surface area contributed by atoms with Crippen molar-refractivity contribution >= 4 is 5.97 Å². The van der Waals surface area contributed by atoms with E-state index in [2.05, 4.69) is 0 Å². The van der Waals surface area contributed by atoms with Crippen molar-refractivity contribution in [3.05, 3.63) is 23.8 Å². The molecule has 1 aromatic rings. The Bertz CT molecular complexity index is 431. The highest BCUT2D eigenvalue weighted by Gasteiger charge is 2.35. The molecule has 1 rings (SSSR count). The number of carbonyl (C=O) groups is 1. The van der Waals surface area contributed by atoms with E-state index in [9.17, 15) is 20.1 Å². The maximum atomic E-state index is 11.3. The fourth-order valence-electron chi connectivity index (χ4n) is 1.50. The van der Waals surface area contributed by atoms with Gasteiger partial charge in [-0.15, -0.1) is 0 Å².